The molecule has 0 saturated carbocycles. The van der Waals surface area contributed by atoms with E-state index in [0.29, 0.717) is 6.61 Å². The van der Waals surface area contributed by atoms with Crippen LogP contribution in [-0.2, 0) is 39.2 Å². The standard InChI is InChI=1S/C12H26O12S2/c13-1-2-21-3-4-22-5-6-23-8-12(10-26(18,19)20)24-7-11(14)9-25(15,16)17/h11-14H,1-10H2,(H,15,16,17)(H,18,19,20). The fourth-order valence-electron chi connectivity index (χ4n) is 1.64. The third-order valence-electron chi connectivity index (χ3n) is 2.61. The van der Waals surface area contributed by atoms with Crippen molar-refractivity contribution in [3.63, 3.8) is 0 Å². The molecule has 0 aliphatic rings. The Labute approximate surface area is 152 Å². The Morgan fingerprint density at radius 2 is 1.23 bits per heavy atom. The Morgan fingerprint density at radius 3 is 1.73 bits per heavy atom. The summed E-state index contributed by atoms with van der Waals surface area (Å²) in [6.07, 6.45) is -2.73. The summed E-state index contributed by atoms with van der Waals surface area (Å²) in [6.45, 7) is 0.0993. The molecule has 4 N–H and O–H groups in total. The zero-order chi connectivity index (χ0) is 20.1. The van der Waals surface area contributed by atoms with Gasteiger partial charge in [-0.3, -0.25) is 9.11 Å². The number of ether oxygens (including phenoxy) is 4. The predicted molar refractivity (Wildman–Crippen MR) is 88.1 cm³/mol. The summed E-state index contributed by atoms with van der Waals surface area (Å²) in [4.78, 5) is 0. The molecule has 0 saturated heterocycles. The summed E-state index contributed by atoms with van der Waals surface area (Å²) in [5.41, 5.74) is 0. The monoisotopic (exact) mass is 426 g/mol. The summed E-state index contributed by atoms with van der Waals surface area (Å²) in [5.74, 6) is -1.79. The van der Waals surface area contributed by atoms with Crippen molar-refractivity contribution in [1.29, 1.82) is 0 Å². The minimum atomic E-state index is -4.41. The summed E-state index contributed by atoms with van der Waals surface area (Å²) in [7, 11) is -8.80. The molecule has 0 spiro atoms. The van der Waals surface area contributed by atoms with Crippen LogP contribution >= 0.6 is 0 Å². The lowest BCUT2D eigenvalue weighted by molar-refractivity contribution is -0.0476. The van der Waals surface area contributed by atoms with Crippen molar-refractivity contribution in [3.8, 4) is 0 Å². The highest BCUT2D eigenvalue weighted by atomic mass is 32.2. The van der Waals surface area contributed by atoms with Crippen LogP contribution in [0.5, 0.6) is 0 Å². The first-order valence-corrected chi connectivity index (χ1v) is 10.8. The second-order valence-corrected chi connectivity index (χ2v) is 8.12. The number of aliphatic hydroxyl groups is 2. The second-order valence-electron chi connectivity index (χ2n) is 5.13. The Morgan fingerprint density at radius 1 is 0.731 bits per heavy atom. The van der Waals surface area contributed by atoms with E-state index in [-0.39, 0.29) is 39.6 Å². The molecule has 0 fully saturated rings. The van der Waals surface area contributed by atoms with Gasteiger partial charge in [-0.1, -0.05) is 0 Å². The molecule has 0 amide bonds. The van der Waals surface area contributed by atoms with Crippen LogP contribution in [0.25, 0.3) is 0 Å². The van der Waals surface area contributed by atoms with E-state index in [9.17, 15) is 21.9 Å². The fourth-order valence-corrected chi connectivity index (χ4v) is 2.88. The van der Waals surface area contributed by atoms with Gasteiger partial charge in [-0.05, 0) is 0 Å². The maximum atomic E-state index is 10.9. The topological polar surface area (TPSA) is 186 Å². The molecule has 0 aliphatic heterocycles. The van der Waals surface area contributed by atoms with Crippen LogP contribution in [0, 0.1) is 0 Å². The minimum absolute atomic E-state index is 0.0823. The van der Waals surface area contributed by atoms with Crippen LogP contribution in [0.2, 0.25) is 0 Å². The van der Waals surface area contributed by atoms with Crippen LogP contribution in [0.4, 0.5) is 0 Å². The molecule has 158 valence electrons. The SMILES string of the molecule is O=S(=O)(O)CC(O)COC(COCCOCCOCCO)CS(=O)(=O)O. The first kappa shape index (κ1) is 25.6. The second kappa shape index (κ2) is 13.7. The third-order valence-corrected chi connectivity index (χ3v) is 4.21. The van der Waals surface area contributed by atoms with Crippen LogP contribution in [0.15, 0.2) is 0 Å². The number of hydrogen-bond donors (Lipinski definition) is 4. The van der Waals surface area contributed by atoms with Gasteiger partial charge in [-0.25, -0.2) is 0 Å². The molecule has 2 unspecified atom stereocenters. The van der Waals surface area contributed by atoms with Crippen LogP contribution in [0.3, 0.4) is 0 Å². The average molecular weight is 426 g/mol. The highest BCUT2D eigenvalue weighted by molar-refractivity contribution is 7.86. The number of rotatable bonds is 17. The normalized spacial score (nSPS) is 15.1. The molecule has 2 atom stereocenters. The van der Waals surface area contributed by atoms with Crippen molar-refractivity contribution < 1.29 is 55.1 Å². The maximum Gasteiger partial charge on any atom is 0.267 e. The van der Waals surface area contributed by atoms with E-state index in [1.165, 1.54) is 0 Å². The Hall–Kier alpha value is -0.420. The lowest BCUT2D eigenvalue weighted by Crippen LogP contribution is -2.34. The maximum absolute atomic E-state index is 10.9. The Balaban J connectivity index is 4.08. The largest absolute Gasteiger partial charge is 0.394 e. The quantitative estimate of drug-likeness (QED) is 0.142. The third kappa shape index (κ3) is 18.4. The Kier molecular flexibility index (Phi) is 13.5. The lowest BCUT2D eigenvalue weighted by atomic mass is 10.4. The molecule has 0 aromatic rings. The summed E-state index contributed by atoms with van der Waals surface area (Å²) >= 11 is 0. The molecular formula is C12H26O12S2. The molecule has 0 aliphatic carbocycles. The zero-order valence-electron chi connectivity index (χ0n) is 14.1. The summed E-state index contributed by atoms with van der Waals surface area (Å²) < 4.78 is 80.8. The molecular weight excluding hydrogens is 400 g/mol. The highest BCUT2D eigenvalue weighted by Gasteiger charge is 2.21. The molecule has 14 heteroatoms. The number of aliphatic hydroxyl groups excluding tert-OH is 2. The highest BCUT2D eigenvalue weighted by Crippen LogP contribution is 2.02. The van der Waals surface area contributed by atoms with Crippen LogP contribution in [-0.4, -0.2) is 113 Å². The first-order chi connectivity index (χ1) is 12.0. The van der Waals surface area contributed by atoms with Gasteiger partial charge in [0.1, 0.15) is 11.5 Å². The van der Waals surface area contributed by atoms with Crippen LogP contribution < -0.4 is 0 Å². The first-order valence-electron chi connectivity index (χ1n) is 7.57. The predicted octanol–water partition coefficient (Wildman–Crippen LogP) is -2.45. The minimum Gasteiger partial charge on any atom is -0.394 e. The molecule has 0 radical (unpaired) electrons. The van der Waals surface area contributed by atoms with Crippen molar-refractivity contribution in [2.24, 2.45) is 0 Å². The molecule has 12 nitrogen and oxygen atoms in total. The van der Waals surface area contributed by atoms with Gasteiger partial charge in [0.15, 0.2) is 0 Å². The molecule has 0 rings (SSSR count). The number of hydrogen-bond acceptors (Lipinski definition) is 10. The Bertz CT molecular complexity index is 547. The van der Waals surface area contributed by atoms with Gasteiger partial charge in [0.05, 0.1) is 65.1 Å². The lowest BCUT2D eigenvalue weighted by Gasteiger charge is -2.18. The van der Waals surface area contributed by atoms with Gasteiger partial charge >= 0.3 is 0 Å². The molecule has 26 heavy (non-hydrogen) atoms. The van der Waals surface area contributed by atoms with Gasteiger partial charge < -0.3 is 29.2 Å². The molecule has 0 aromatic heterocycles. The zero-order valence-corrected chi connectivity index (χ0v) is 15.7. The molecule has 0 aromatic carbocycles. The van der Waals surface area contributed by atoms with Gasteiger partial charge in [-0.2, -0.15) is 16.8 Å². The van der Waals surface area contributed by atoms with Crippen molar-refractivity contribution in [1.82, 2.24) is 0 Å². The summed E-state index contributed by atoms with van der Waals surface area (Å²) in [6, 6.07) is 0. The van der Waals surface area contributed by atoms with Crippen molar-refractivity contribution in [2.75, 3.05) is 64.4 Å². The van der Waals surface area contributed by atoms with E-state index in [2.05, 4.69) is 0 Å². The van der Waals surface area contributed by atoms with E-state index < -0.39 is 50.6 Å². The van der Waals surface area contributed by atoms with Crippen molar-refractivity contribution >= 4 is 20.2 Å². The van der Waals surface area contributed by atoms with E-state index in [1.807, 2.05) is 0 Å². The molecule has 0 bridgehead atoms. The van der Waals surface area contributed by atoms with Gasteiger partial charge in [0, 0.05) is 0 Å². The van der Waals surface area contributed by atoms with Gasteiger partial charge in [0.25, 0.3) is 20.2 Å². The fraction of sp³-hybridized carbons (Fsp3) is 1.00. The van der Waals surface area contributed by atoms with E-state index in [1.54, 1.807) is 0 Å². The van der Waals surface area contributed by atoms with E-state index in [0.717, 1.165) is 0 Å². The van der Waals surface area contributed by atoms with Crippen molar-refractivity contribution in [2.45, 2.75) is 12.2 Å². The van der Waals surface area contributed by atoms with Crippen molar-refractivity contribution in [3.05, 3.63) is 0 Å². The van der Waals surface area contributed by atoms with Gasteiger partial charge in [-0.15, -0.1) is 0 Å². The smallest absolute Gasteiger partial charge is 0.267 e. The molecule has 0 heterocycles. The van der Waals surface area contributed by atoms with Gasteiger partial charge in [0.2, 0.25) is 0 Å². The average Bonchev–Trinajstić information content (AvgIpc) is 2.47. The van der Waals surface area contributed by atoms with E-state index >= 15 is 0 Å². The van der Waals surface area contributed by atoms with Crippen LogP contribution in [0.1, 0.15) is 0 Å². The summed E-state index contributed by atoms with van der Waals surface area (Å²) in [5, 5.41) is 17.9. The van der Waals surface area contributed by atoms with E-state index in [4.69, 9.17) is 33.2 Å².